The van der Waals surface area contributed by atoms with Gasteiger partial charge in [-0.15, -0.1) is 0 Å². The molecule has 0 unspecified atom stereocenters. The lowest BCUT2D eigenvalue weighted by atomic mass is 9.48. The zero-order chi connectivity index (χ0) is 15.5. The van der Waals surface area contributed by atoms with Crippen molar-refractivity contribution in [3.05, 3.63) is 11.6 Å². The van der Waals surface area contributed by atoms with Gasteiger partial charge in [0.1, 0.15) is 0 Å². The van der Waals surface area contributed by atoms with Gasteiger partial charge in [0.25, 0.3) is 5.79 Å². The van der Waals surface area contributed by atoms with E-state index in [4.69, 9.17) is 4.74 Å². The van der Waals surface area contributed by atoms with Gasteiger partial charge >= 0.3 is 11.9 Å². The molecule has 3 rings (SSSR count). The van der Waals surface area contributed by atoms with E-state index in [-0.39, 0.29) is 12.3 Å². The normalized spacial score (nSPS) is 45.4. The molecule has 6 nitrogen and oxygen atoms in total. The highest BCUT2D eigenvalue weighted by Crippen LogP contribution is 2.63. The van der Waals surface area contributed by atoms with E-state index >= 15 is 0 Å². The van der Waals surface area contributed by atoms with E-state index in [9.17, 15) is 20.0 Å². The van der Waals surface area contributed by atoms with Crippen LogP contribution in [-0.2, 0) is 19.2 Å². The standard InChI is InChI=1S/C15H20O6/c1-13-5-3-6-14(2,12(17)18)9(13)4-7-15(21-19)10(13)8-11(16)20-15/h8-9,19H,3-7H2,1-2H3,(H,17,18)/t9-,13+,14+,15+/m1/s1. The van der Waals surface area contributed by atoms with Gasteiger partial charge in [0.15, 0.2) is 0 Å². The number of ether oxygens (including phenoxy) is 1. The SMILES string of the molecule is C[C@]1(C(=O)O)CCC[C@]2(C)C3=CC(=O)O[C@]3(OO)CC[C@@H]12. The first-order valence-corrected chi connectivity index (χ1v) is 7.30. The van der Waals surface area contributed by atoms with Crippen LogP contribution in [0.4, 0.5) is 0 Å². The minimum absolute atomic E-state index is 0.111. The lowest BCUT2D eigenvalue weighted by Gasteiger charge is -2.56. The zero-order valence-corrected chi connectivity index (χ0v) is 12.2. The first kappa shape index (κ1) is 14.5. The van der Waals surface area contributed by atoms with Crippen LogP contribution in [0.5, 0.6) is 0 Å². The maximum absolute atomic E-state index is 11.8. The smallest absolute Gasteiger partial charge is 0.333 e. The van der Waals surface area contributed by atoms with Gasteiger partial charge in [-0.05, 0) is 37.5 Å². The Morgan fingerprint density at radius 2 is 2.10 bits per heavy atom. The van der Waals surface area contributed by atoms with Crippen LogP contribution in [0, 0.1) is 16.7 Å². The molecule has 2 fully saturated rings. The Morgan fingerprint density at radius 3 is 2.71 bits per heavy atom. The highest BCUT2D eigenvalue weighted by atomic mass is 17.1. The first-order valence-electron chi connectivity index (χ1n) is 7.30. The van der Waals surface area contributed by atoms with E-state index in [0.717, 1.165) is 12.8 Å². The minimum atomic E-state index is -1.42. The number of hydrogen-bond donors (Lipinski definition) is 2. The number of carboxylic acid groups (broad SMARTS) is 1. The number of fused-ring (bicyclic) bond motifs is 3. The molecule has 6 heteroatoms. The monoisotopic (exact) mass is 296 g/mol. The molecule has 2 N–H and O–H groups in total. The maximum atomic E-state index is 11.8. The van der Waals surface area contributed by atoms with E-state index in [0.29, 0.717) is 18.4 Å². The average molecular weight is 296 g/mol. The van der Waals surface area contributed by atoms with Gasteiger partial charge in [-0.1, -0.05) is 13.3 Å². The summed E-state index contributed by atoms with van der Waals surface area (Å²) in [5.74, 6) is -2.87. The molecule has 3 aliphatic rings. The lowest BCUT2D eigenvalue weighted by Crippen LogP contribution is -2.56. The molecule has 0 aromatic carbocycles. The highest BCUT2D eigenvalue weighted by molar-refractivity contribution is 5.87. The highest BCUT2D eigenvalue weighted by Gasteiger charge is 2.64. The lowest BCUT2D eigenvalue weighted by molar-refractivity contribution is -0.385. The Bertz CT molecular complexity index is 540. The molecule has 0 radical (unpaired) electrons. The van der Waals surface area contributed by atoms with Gasteiger partial charge < -0.3 is 9.84 Å². The van der Waals surface area contributed by atoms with Crippen LogP contribution >= 0.6 is 0 Å². The van der Waals surface area contributed by atoms with Crippen molar-refractivity contribution < 1.29 is 29.6 Å². The fourth-order valence-corrected chi connectivity index (χ4v) is 4.80. The van der Waals surface area contributed by atoms with Crippen molar-refractivity contribution in [2.75, 3.05) is 0 Å². The third-order valence-corrected chi connectivity index (χ3v) is 5.88. The summed E-state index contributed by atoms with van der Waals surface area (Å²) in [6.45, 7) is 3.74. The van der Waals surface area contributed by atoms with Crippen LogP contribution in [0.15, 0.2) is 11.6 Å². The topological polar surface area (TPSA) is 93.1 Å². The Hall–Kier alpha value is -1.40. The Morgan fingerprint density at radius 1 is 1.38 bits per heavy atom. The van der Waals surface area contributed by atoms with E-state index in [1.54, 1.807) is 6.92 Å². The van der Waals surface area contributed by atoms with Gasteiger partial charge in [0, 0.05) is 18.1 Å². The summed E-state index contributed by atoms with van der Waals surface area (Å²) in [5, 5.41) is 18.9. The van der Waals surface area contributed by atoms with Crippen LogP contribution in [0.3, 0.4) is 0 Å². The van der Waals surface area contributed by atoms with Crippen molar-refractivity contribution in [2.45, 2.75) is 51.7 Å². The molecule has 1 aliphatic heterocycles. The van der Waals surface area contributed by atoms with Crippen molar-refractivity contribution in [1.82, 2.24) is 0 Å². The van der Waals surface area contributed by atoms with E-state index in [2.05, 4.69) is 4.89 Å². The Balaban J connectivity index is 2.09. The molecule has 0 saturated heterocycles. The second kappa shape index (κ2) is 4.30. The molecule has 0 aromatic rings. The third kappa shape index (κ3) is 1.72. The molecule has 116 valence electrons. The van der Waals surface area contributed by atoms with Crippen molar-refractivity contribution in [1.29, 1.82) is 0 Å². The number of rotatable bonds is 2. The molecule has 0 bridgehead atoms. The maximum Gasteiger partial charge on any atom is 0.333 e. The van der Waals surface area contributed by atoms with Gasteiger partial charge in [0.05, 0.1) is 5.41 Å². The summed E-state index contributed by atoms with van der Waals surface area (Å²) in [7, 11) is 0. The largest absolute Gasteiger partial charge is 0.481 e. The predicted octanol–water partition coefficient (Wildman–Crippen LogP) is 2.35. The molecular weight excluding hydrogens is 276 g/mol. The van der Waals surface area contributed by atoms with Crippen molar-refractivity contribution in [2.24, 2.45) is 16.7 Å². The molecule has 0 spiro atoms. The molecule has 1 heterocycles. The molecular formula is C15H20O6. The average Bonchev–Trinajstić information content (AvgIpc) is 2.77. The van der Waals surface area contributed by atoms with Crippen LogP contribution in [0.1, 0.15) is 46.0 Å². The molecule has 4 atom stereocenters. The van der Waals surface area contributed by atoms with Crippen LogP contribution < -0.4 is 0 Å². The number of carbonyl (C=O) groups is 2. The minimum Gasteiger partial charge on any atom is -0.481 e. The molecule has 2 aliphatic carbocycles. The van der Waals surface area contributed by atoms with Gasteiger partial charge in [0.2, 0.25) is 0 Å². The summed E-state index contributed by atoms with van der Waals surface area (Å²) < 4.78 is 5.19. The van der Waals surface area contributed by atoms with Gasteiger partial charge in [-0.25, -0.2) is 10.1 Å². The summed E-state index contributed by atoms with van der Waals surface area (Å²) in [6.07, 6.45) is 4.32. The van der Waals surface area contributed by atoms with Crippen LogP contribution in [-0.4, -0.2) is 28.1 Å². The number of carboxylic acids is 1. The number of esters is 1. The van der Waals surface area contributed by atoms with E-state index in [1.165, 1.54) is 6.08 Å². The molecule has 0 amide bonds. The van der Waals surface area contributed by atoms with E-state index < -0.39 is 28.6 Å². The quantitative estimate of drug-likeness (QED) is 0.461. The van der Waals surface area contributed by atoms with Crippen LogP contribution in [0.25, 0.3) is 0 Å². The molecule has 0 aromatic heterocycles. The van der Waals surface area contributed by atoms with Crippen molar-refractivity contribution in [3.63, 3.8) is 0 Å². The Labute approximate surface area is 122 Å². The molecule has 2 saturated carbocycles. The van der Waals surface area contributed by atoms with Gasteiger partial charge in [-0.3, -0.25) is 4.79 Å². The summed E-state index contributed by atoms with van der Waals surface area (Å²) in [5.41, 5.74) is -0.759. The summed E-state index contributed by atoms with van der Waals surface area (Å²) in [6, 6.07) is 0. The number of aliphatic carboxylic acids is 1. The second-order valence-corrected chi connectivity index (χ2v) is 6.91. The summed E-state index contributed by atoms with van der Waals surface area (Å²) in [4.78, 5) is 28.0. The summed E-state index contributed by atoms with van der Waals surface area (Å²) >= 11 is 0. The van der Waals surface area contributed by atoms with Crippen molar-refractivity contribution in [3.8, 4) is 0 Å². The fraction of sp³-hybridized carbons (Fsp3) is 0.733. The fourth-order valence-electron chi connectivity index (χ4n) is 4.80. The van der Waals surface area contributed by atoms with Crippen molar-refractivity contribution >= 4 is 11.9 Å². The van der Waals surface area contributed by atoms with E-state index in [1.807, 2.05) is 6.92 Å². The second-order valence-electron chi connectivity index (χ2n) is 6.91. The molecule has 21 heavy (non-hydrogen) atoms. The van der Waals surface area contributed by atoms with Crippen LogP contribution in [0.2, 0.25) is 0 Å². The third-order valence-electron chi connectivity index (χ3n) is 5.88. The number of carbonyl (C=O) groups excluding carboxylic acids is 1. The first-order chi connectivity index (χ1) is 9.78. The predicted molar refractivity (Wildman–Crippen MR) is 71.0 cm³/mol. The number of hydrogen-bond acceptors (Lipinski definition) is 5. The van der Waals surface area contributed by atoms with Gasteiger partial charge in [-0.2, -0.15) is 4.89 Å². The Kier molecular flexibility index (Phi) is 2.98. The zero-order valence-electron chi connectivity index (χ0n) is 12.2.